The number of benzene rings is 1. The second-order valence-corrected chi connectivity index (χ2v) is 5.16. The highest BCUT2D eigenvalue weighted by Gasteiger charge is 2.27. The van der Waals surface area contributed by atoms with Crippen LogP contribution in [0.2, 0.25) is 0 Å². The fourth-order valence-corrected chi connectivity index (χ4v) is 1.97. The molecule has 1 aliphatic rings. The molecule has 0 radical (unpaired) electrons. The monoisotopic (exact) mass is 219 g/mol. The van der Waals surface area contributed by atoms with Crippen LogP contribution in [0.1, 0.15) is 38.0 Å². The second-order valence-electron chi connectivity index (χ2n) is 5.16. The molecule has 1 unspecified atom stereocenters. The van der Waals surface area contributed by atoms with Crippen LogP contribution in [0, 0.1) is 0 Å². The summed E-state index contributed by atoms with van der Waals surface area (Å²) in [7, 11) is 0. The van der Waals surface area contributed by atoms with Gasteiger partial charge < -0.3 is 10.1 Å². The van der Waals surface area contributed by atoms with Crippen LogP contribution in [0.15, 0.2) is 24.3 Å². The third-order valence-electron chi connectivity index (χ3n) is 3.17. The Morgan fingerprint density at radius 3 is 2.50 bits per heavy atom. The van der Waals surface area contributed by atoms with Crippen molar-refractivity contribution in [3.05, 3.63) is 35.4 Å². The summed E-state index contributed by atoms with van der Waals surface area (Å²) in [6, 6.07) is 8.75. The molecule has 1 heterocycles. The lowest BCUT2D eigenvalue weighted by molar-refractivity contribution is -0.0228. The van der Waals surface area contributed by atoms with Crippen LogP contribution >= 0.6 is 0 Å². The van der Waals surface area contributed by atoms with Gasteiger partial charge in [0.1, 0.15) is 0 Å². The number of morpholine rings is 1. The van der Waals surface area contributed by atoms with E-state index in [1.807, 2.05) is 0 Å². The molecule has 2 rings (SSSR count). The van der Waals surface area contributed by atoms with Gasteiger partial charge in [0.2, 0.25) is 0 Å². The molecule has 0 spiro atoms. The van der Waals surface area contributed by atoms with Gasteiger partial charge >= 0.3 is 0 Å². The maximum Gasteiger partial charge on any atom is 0.0950 e. The molecule has 1 aromatic carbocycles. The fraction of sp³-hybridized carbons (Fsp3) is 0.571. The first kappa shape index (κ1) is 11.6. The van der Waals surface area contributed by atoms with Gasteiger partial charge in [0.25, 0.3) is 0 Å². The summed E-state index contributed by atoms with van der Waals surface area (Å²) in [5.74, 6) is 0. The minimum Gasteiger partial charge on any atom is -0.370 e. The van der Waals surface area contributed by atoms with E-state index in [0.717, 1.165) is 19.6 Å². The maximum absolute atomic E-state index is 5.89. The summed E-state index contributed by atoms with van der Waals surface area (Å²) < 4.78 is 5.89. The van der Waals surface area contributed by atoms with Crippen LogP contribution in [0.4, 0.5) is 0 Å². The van der Waals surface area contributed by atoms with Gasteiger partial charge in [0.15, 0.2) is 0 Å². The summed E-state index contributed by atoms with van der Waals surface area (Å²) in [6.45, 7) is 8.19. The summed E-state index contributed by atoms with van der Waals surface area (Å²) in [4.78, 5) is 0. The maximum atomic E-state index is 5.89. The predicted octanol–water partition coefficient (Wildman–Crippen LogP) is 2.69. The summed E-state index contributed by atoms with van der Waals surface area (Å²) >= 11 is 0. The molecule has 88 valence electrons. The zero-order valence-electron chi connectivity index (χ0n) is 10.4. The average Bonchev–Trinajstić information content (AvgIpc) is 2.29. The van der Waals surface area contributed by atoms with E-state index in [0.29, 0.717) is 0 Å². The van der Waals surface area contributed by atoms with Gasteiger partial charge in [0, 0.05) is 12.1 Å². The highest BCUT2D eigenvalue weighted by Crippen LogP contribution is 2.23. The second kappa shape index (κ2) is 4.56. The van der Waals surface area contributed by atoms with Crippen molar-refractivity contribution in [1.82, 2.24) is 5.32 Å². The van der Waals surface area contributed by atoms with Crippen LogP contribution < -0.4 is 5.32 Å². The van der Waals surface area contributed by atoms with Crippen molar-refractivity contribution in [3.8, 4) is 0 Å². The van der Waals surface area contributed by atoms with Crippen molar-refractivity contribution >= 4 is 0 Å². The van der Waals surface area contributed by atoms with Gasteiger partial charge in [-0.2, -0.15) is 0 Å². The quantitative estimate of drug-likeness (QED) is 0.825. The van der Waals surface area contributed by atoms with Crippen molar-refractivity contribution in [2.75, 3.05) is 13.2 Å². The van der Waals surface area contributed by atoms with Crippen LogP contribution in [0.25, 0.3) is 0 Å². The smallest absolute Gasteiger partial charge is 0.0950 e. The van der Waals surface area contributed by atoms with Crippen molar-refractivity contribution in [1.29, 1.82) is 0 Å². The third kappa shape index (κ3) is 2.63. The van der Waals surface area contributed by atoms with Gasteiger partial charge in [-0.25, -0.2) is 0 Å². The van der Waals surface area contributed by atoms with E-state index in [4.69, 9.17) is 4.74 Å². The van der Waals surface area contributed by atoms with E-state index in [1.54, 1.807) is 0 Å². The first-order valence-electron chi connectivity index (χ1n) is 6.06. The van der Waals surface area contributed by atoms with Crippen LogP contribution in [0.3, 0.4) is 0 Å². The van der Waals surface area contributed by atoms with E-state index < -0.39 is 0 Å². The van der Waals surface area contributed by atoms with Gasteiger partial charge in [-0.1, -0.05) is 31.2 Å². The van der Waals surface area contributed by atoms with Crippen LogP contribution in [-0.2, 0) is 11.2 Å². The molecule has 2 nitrogen and oxygen atoms in total. The number of aryl methyl sites for hydroxylation is 1. The lowest BCUT2D eigenvalue weighted by Gasteiger charge is -2.36. The Balaban J connectivity index is 2.03. The number of hydrogen-bond donors (Lipinski definition) is 1. The summed E-state index contributed by atoms with van der Waals surface area (Å²) in [6.07, 6.45) is 1.30. The molecule has 0 amide bonds. The van der Waals surface area contributed by atoms with Crippen molar-refractivity contribution in [2.45, 2.75) is 38.8 Å². The standard InChI is InChI=1S/C14H21NO/c1-4-11-5-7-12(8-6-11)13-9-15-14(2,3)10-16-13/h5-8,13,15H,4,9-10H2,1-3H3. The van der Waals surface area contributed by atoms with E-state index in [-0.39, 0.29) is 11.6 Å². The molecule has 0 aliphatic carbocycles. The molecule has 1 fully saturated rings. The topological polar surface area (TPSA) is 21.3 Å². The minimum atomic E-state index is 0.111. The van der Waals surface area contributed by atoms with Gasteiger partial charge in [-0.3, -0.25) is 0 Å². The Morgan fingerprint density at radius 1 is 1.31 bits per heavy atom. The number of hydrogen-bond acceptors (Lipinski definition) is 2. The molecular weight excluding hydrogens is 198 g/mol. The average molecular weight is 219 g/mol. The predicted molar refractivity (Wildman–Crippen MR) is 66.6 cm³/mol. The lowest BCUT2D eigenvalue weighted by atomic mass is 10.0. The molecule has 0 bridgehead atoms. The van der Waals surface area contributed by atoms with Gasteiger partial charge in [-0.05, 0) is 31.4 Å². The number of ether oxygens (including phenoxy) is 1. The molecule has 1 N–H and O–H groups in total. The Hall–Kier alpha value is -0.860. The Labute approximate surface area is 98.0 Å². The normalized spacial score (nSPS) is 24.3. The van der Waals surface area contributed by atoms with Crippen LogP contribution in [0.5, 0.6) is 0 Å². The fourth-order valence-electron chi connectivity index (χ4n) is 1.97. The Bertz CT molecular complexity index is 332. The highest BCUT2D eigenvalue weighted by atomic mass is 16.5. The van der Waals surface area contributed by atoms with E-state index >= 15 is 0 Å². The highest BCUT2D eigenvalue weighted by molar-refractivity contribution is 5.24. The zero-order chi connectivity index (χ0) is 11.6. The van der Waals surface area contributed by atoms with Crippen LogP contribution in [-0.4, -0.2) is 18.7 Å². The number of nitrogens with one attached hydrogen (secondary N) is 1. The van der Waals surface area contributed by atoms with E-state index in [2.05, 4.69) is 50.4 Å². The minimum absolute atomic E-state index is 0.111. The zero-order valence-corrected chi connectivity index (χ0v) is 10.4. The molecule has 0 saturated carbocycles. The Morgan fingerprint density at radius 2 is 2.00 bits per heavy atom. The molecule has 1 saturated heterocycles. The van der Waals surface area contributed by atoms with Crippen molar-refractivity contribution in [3.63, 3.8) is 0 Å². The first-order valence-corrected chi connectivity index (χ1v) is 6.06. The Kier molecular flexibility index (Phi) is 3.31. The number of rotatable bonds is 2. The molecule has 1 aliphatic heterocycles. The lowest BCUT2D eigenvalue weighted by Crippen LogP contribution is -2.50. The molecule has 1 aromatic rings. The van der Waals surface area contributed by atoms with E-state index in [1.165, 1.54) is 11.1 Å². The molecular formula is C14H21NO. The largest absolute Gasteiger partial charge is 0.370 e. The van der Waals surface area contributed by atoms with Crippen molar-refractivity contribution in [2.24, 2.45) is 0 Å². The SMILES string of the molecule is CCc1ccc(C2CNC(C)(C)CO2)cc1. The molecule has 16 heavy (non-hydrogen) atoms. The molecule has 1 atom stereocenters. The van der Waals surface area contributed by atoms with Gasteiger partial charge in [0.05, 0.1) is 12.7 Å². The summed E-state index contributed by atoms with van der Waals surface area (Å²) in [5, 5.41) is 3.51. The van der Waals surface area contributed by atoms with Gasteiger partial charge in [-0.15, -0.1) is 0 Å². The summed E-state index contributed by atoms with van der Waals surface area (Å²) in [5.41, 5.74) is 2.77. The van der Waals surface area contributed by atoms with Crippen molar-refractivity contribution < 1.29 is 4.74 Å². The van der Waals surface area contributed by atoms with E-state index in [9.17, 15) is 0 Å². The first-order chi connectivity index (χ1) is 7.61. The molecule has 0 aromatic heterocycles. The molecule has 2 heteroatoms. The third-order valence-corrected chi connectivity index (χ3v) is 3.17.